The molecule has 0 spiro atoms. The second kappa shape index (κ2) is 5.72. The maximum Gasteiger partial charge on any atom is 0.127 e. The van der Waals surface area contributed by atoms with Crippen LogP contribution in [0.2, 0.25) is 0 Å². The van der Waals surface area contributed by atoms with Gasteiger partial charge in [0.15, 0.2) is 0 Å². The maximum atomic E-state index is 10.2. The van der Waals surface area contributed by atoms with Gasteiger partial charge in [-0.25, -0.2) is 0 Å². The Hall–Kier alpha value is -2.49. The maximum absolute atomic E-state index is 10.2. The van der Waals surface area contributed by atoms with Gasteiger partial charge in [0.1, 0.15) is 12.3 Å². The van der Waals surface area contributed by atoms with Gasteiger partial charge in [0.2, 0.25) is 0 Å². The summed E-state index contributed by atoms with van der Waals surface area (Å²) >= 11 is 0. The summed E-state index contributed by atoms with van der Waals surface area (Å²) in [7, 11) is 0. The molecule has 1 N–H and O–H groups in total. The highest BCUT2D eigenvalue weighted by atomic mass is 16.4. The third-order valence-electron chi connectivity index (χ3n) is 2.66. The number of oxime groups is 1. The van der Waals surface area contributed by atoms with E-state index in [2.05, 4.69) is 10.3 Å². The van der Waals surface area contributed by atoms with Gasteiger partial charge in [-0.15, -0.1) is 0 Å². The van der Waals surface area contributed by atoms with Crippen molar-refractivity contribution in [2.45, 2.75) is 0 Å². The van der Waals surface area contributed by atoms with Crippen LogP contribution >= 0.6 is 0 Å². The summed E-state index contributed by atoms with van der Waals surface area (Å²) in [5, 5.41) is 14.6. The number of hydrogen-bond donors (Lipinski definition) is 1. The van der Waals surface area contributed by atoms with E-state index < -0.39 is 0 Å². The molecule has 2 rings (SSSR count). The number of hydrogen-bond acceptors (Lipinski definition) is 4. The van der Waals surface area contributed by atoms with Crippen molar-refractivity contribution >= 4 is 5.71 Å². The van der Waals surface area contributed by atoms with Gasteiger partial charge in [-0.05, 0) is 11.1 Å². The van der Waals surface area contributed by atoms with E-state index in [0.717, 1.165) is 11.1 Å². The van der Waals surface area contributed by atoms with Crippen LogP contribution in [0, 0.1) is 4.91 Å². The van der Waals surface area contributed by atoms with Gasteiger partial charge in [0, 0.05) is 5.56 Å². The molecule has 18 heavy (non-hydrogen) atoms. The molecule has 0 heterocycles. The van der Waals surface area contributed by atoms with Gasteiger partial charge >= 0.3 is 0 Å². The lowest BCUT2D eigenvalue weighted by atomic mass is 10.0. The fourth-order valence-electron chi connectivity index (χ4n) is 1.73. The summed E-state index contributed by atoms with van der Waals surface area (Å²) in [6.07, 6.45) is 0. The zero-order valence-electron chi connectivity index (χ0n) is 9.65. The highest BCUT2D eigenvalue weighted by Crippen LogP contribution is 2.19. The molecule has 0 atom stereocenters. The molecule has 0 aliphatic carbocycles. The van der Waals surface area contributed by atoms with Crippen molar-refractivity contribution < 1.29 is 5.21 Å². The van der Waals surface area contributed by atoms with Crippen LogP contribution in [0.25, 0.3) is 11.1 Å². The zero-order valence-corrected chi connectivity index (χ0v) is 9.65. The van der Waals surface area contributed by atoms with Gasteiger partial charge in [-0.3, -0.25) is 0 Å². The molecule has 0 aromatic heterocycles. The summed E-state index contributed by atoms with van der Waals surface area (Å²) < 4.78 is 0. The van der Waals surface area contributed by atoms with E-state index in [1.54, 1.807) is 0 Å². The van der Waals surface area contributed by atoms with Gasteiger partial charge in [-0.1, -0.05) is 64.9 Å². The lowest BCUT2D eigenvalue weighted by molar-refractivity contribution is 0.318. The van der Waals surface area contributed by atoms with E-state index in [1.807, 2.05) is 54.6 Å². The number of rotatable bonds is 4. The van der Waals surface area contributed by atoms with Crippen LogP contribution in [0.5, 0.6) is 0 Å². The molecule has 0 aliphatic heterocycles. The minimum atomic E-state index is -0.138. The first-order valence-electron chi connectivity index (χ1n) is 5.51. The molecule has 0 amide bonds. The van der Waals surface area contributed by atoms with E-state index in [-0.39, 0.29) is 12.3 Å². The van der Waals surface area contributed by atoms with Crippen molar-refractivity contribution in [3.8, 4) is 11.1 Å². The molecular weight excluding hydrogens is 228 g/mol. The van der Waals surface area contributed by atoms with E-state index >= 15 is 0 Å². The Morgan fingerprint density at radius 3 is 2.11 bits per heavy atom. The third kappa shape index (κ3) is 2.60. The summed E-state index contributed by atoms with van der Waals surface area (Å²) in [6, 6.07) is 17.4. The summed E-state index contributed by atoms with van der Waals surface area (Å²) in [5.74, 6) is 0. The monoisotopic (exact) mass is 240 g/mol. The van der Waals surface area contributed by atoms with E-state index in [1.165, 1.54) is 0 Å². The molecule has 0 unspecified atom stereocenters. The second-order valence-corrected chi connectivity index (χ2v) is 3.78. The SMILES string of the molecule is O=NC/C(=N\O)c1ccc(-c2ccccc2)cc1. The van der Waals surface area contributed by atoms with Crippen molar-refractivity contribution in [3.63, 3.8) is 0 Å². The molecule has 4 heteroatoms. The van der Waals surface area contributed by atoms with Crippen LogP contribution in [0.3, 0.4) is 0 Å². The lowest BCUT2D eigenvalue weighted by Crippen LogP contribution is -2.04. The average molecular weight is 240 g/mol. The van der Waals surface area contributed by atoms with Crippen LogP contribution in [0.4, 0.5) is 0 Å². The van der Waals surface area contributed by atoms with Crippen LogP contribution < -0.4 is 0 Å². The van der Waals surface area contributed by atoms with Crippen LogP contribution in [-0.4, -0.2) is 17.5 Å². The Morgan fingerprint density at radius 2 is 1.56 bits per heavy atom. The number of nitroso groups, excluding NO2 is 1. The van der Waals surface area contributed by atoms with Crippen LogP contribution in [-0.2, 0) is 0 Å². The van der Waals surface area contributed by atoms with Crippen LogP contribution in [0.15, 0.2) is 64.9 Å². The van der Waals surface area contributed by atoms with Crippen molar-refractivity contribution in [1.82, 2.24) is 0 Å². The molecule has 0 saturated carbocycles. The van der Waals surface area contributed by atoms with Crippen molar-refractivity contribution in [2.75, 3.05) is 6.54 Å². The molecule has 2 aromatic carbocycles. The Morgan fingerprint density at radius 1 is 0.944 bits per heavy atom. The Kier molecular flexibility index (Phi) is 3.81. The molecule has 0 saturated heterocycles. The smallest absolute Gasteiger partial charge is 0.127 e. The fourth-order valence-corrected chi connectivity index (χ4v) is 1.73. The van der Waals surface area contributed by atoms with Gasteiger partial charge < -0.3 is 5.21 Å². The first-order valence-corrected chi connectivity index (χ1v) is 5.51. The van der Waals surface area contributed by atoms with E-state index in [4.69, 9.17) is 5.21 Å². The minimum Gasteiger partial charge on any atom is -0.411 e. The summed E-state index contributed by atoms with van der Waals surface area (Å²) in [5.41, 5.74) is 3.14. The zero-order chi connectivity index (χ0) is 12.8. The van der Waals surface area contributed by atoms with Gasteiger partial charge in [-0.2, -0.15) is 4.91 Å². The quantitative estimate of drug-likeness (QED) is 0.385. The Labute approximate surface area is 105 Å². The number of benzene rings is 2. The predicted octanol–water partition coefficient (Wildman–Crippen LogP) is 3.30. The lowest BCUT2D eigenvalue weighted by Gasteiger charge is -2.04. The van der Waals surface area contributed by atoms with Gasteiger partial charge in [0.05, 0.1) is 0 Å². The van der Waals surface area contributed by atoms with Gasteiger partial charge in [0.25, 0.3) is 0 Å². The number of nitrogens with zero attached hydrogens (tertiary/aromatic N) is 2. The average Bonchev–Trinajstić information content (AvgIpc) is 2.46. The molecule has 0 radical (unpaired) electrons. The predicted molar refractivity (Wildman–Crippen MR) is 70.9 cm³/mol. The molecule has 90 valence electrons. The second-order valence-electron chi connectivity index (χ2n) is 3.78. The minimum absolute atomic E-state index is 0.138. The van der Waals surface area contributed by atoms with Crippen molar-refractivity contribution in [2.24, 2.45) is 10.3 Å². The first kappa shape index (κ1) is 12.0. The molecule has 0 bridgehead atoms. The van der Waals surface area contributed by atoms with Crippen LogP contribution in [0.1, 0.15) is 5.56 Å². The van der Waals surface area contributed by atoms with E-state index in [9.17, 15) is 4.91 Å². The van der Waals surface area contributed by atoms with Crippen molar-refractivity contribution in [3.05, 3.63) is 65.1 Å². The molecule has 2 aromatic rings. The first-order chi connectivity index (χ1) is 8.85. The highest BCUT2D eigenvalue weighted by Gasteiger charge is 2.05. The normalized spacial score (nSPS) is 11.2. The summed E-state index contributed by atoms with van der Waals surface area (Å²) in [4.78, 5) is 10.2. The largest absolute Gasteiger partial charge is 0.411 e. The van der Waals surface area contributed by atoms with E-state index in [0.29, 0.717) is 5.56 Å². The van der Waals surface area contributed by atoms with Crippen molar-refractivity contribution in [1.29, 1.82) is 0 Å². The molecule has 4 nitrogen and oxygen atoms in total. The highest BCUT2D eigenvalue weighted by molar-refractivity contribution is 6.02. The fraction of sp³-hybridized carbons (Fsp3) is 0.0714. The molecule has 0 fully saturated rings. The summed E-state index contributed by atoms with van der Waals surface area (Å²) in [6.45, 7) is -0.138. The third-order valence-corrected chi connectivity index (χ3v) is 2.66. The standard InChI is InChI=1S/C14H12N2O2/c17-15-10-14(16-18)13-8-6-12(7-9-13)11-4-2-1-3-5-11/h1-9,18H,10H2/b16-14+. The topological polar surface area (TPSA) is 62.0 Å². The molecular formula is C14H12N2O2. The Bertz CT molecular complexity index is 548. The molecule has 0 aliphatic rings. The Balaban J connectivity index is 2.28.